The number of hydrogen-bond donors (Lipinski definition) is 3. The van der Waals surface area contributed by atoms with Crippen LogP contribution in [0, 0.1) is 22.7 Å². The van der Waals surface area contributed by atoms with E-state index in [9.17, 15) is 24.9 Å². The molecule has 0 amide bonds. The highest BCUT2D eigenvalue weighted by Crippen LogP contribution is 2.72. The Morgan fingerprint density at radius 2 is 1.77 bits per heavy atom. The maximum absolute atomic E-state index is 13.1. The molecule has 5 unspecified atom stereocenters. The van der Waals surface area contributed by atoms with E-state index in [1.54, 1.807) is 32.1 Å². The molecule has 3 N–H and O–H groups in total. The lowest BCUT2D eigenvalue weighted by molar-refractivity contribution is -0.269. The number of carbonyl (C=O) groups excluding carboxylic acids is 2. The van der Waals surface area contributed by atoms with Crippen molar-refractivity contribution >= 4 is 11.9 Å². The van der Waals surface area contributed by atoms with Gasteiger partial charge in [-0.15, -0.1) is 0 Å². The summed E-state index contributed by atoms with van der Waals surface area (Å²) in [5.41, 5.74) is -2.41. The number of hydrogen-bond acceptors (Lipinski definition) is 10. The molecular weight excluding hydrogens is 508 g/mol. The van der Waals surface area contributed by atoms with Crippen molar-refractivity contribution in [1.82, 2.24) is 0 Å². The average molecular weight is 551 g/mol. The molecular formula is C29H42O10. The minimum absolute atomic E-state index is 0.0201. The van der Waals surface area contributed by atoms with Gasteiger partial charge in [0.05, 0.1) is 36.4 Å². The summed E-state index contributed by atoms with van der Waals surface area (Å²) in [6.07, 6.45) is 3.05. The Morgan fingerprint density at radius 1 is 1.03 bits per heavy atom. The van der Waals surface area contributed by atoms with E-state index in [2.05, 4.69) is 0 Å². The molecule has 5 rings (SSSR count). The van der Waals surface area contributed by atoms with E-state index in [4.69, 9.17) is 23.7 Å². The van der Waals surface area contributed by atoms with Crippen molar-refractivity contribution < 1.29 is 48.6 Å². The molecule has 0 aromatic heterocycles. The van der Waals surface area contributed by atoms with Crippen LogP contribution >= 0.6 is 0 Å². The van der Waals surface area contributed by atoms with Gasteiger partial charge in [-0.05, 0) is 38.0 Å². The molecule has 5 aliphatic rings. The van der Waals surface area contributed by atoms with E-state index in [-0.39, 0.29) is 37.8 Å². The van der Waals surface area contributed by atoms with Crippen molar-refractivity contribution in [3.63, 3.8) is 0 Å². The van der Waals surface area contributed by atoms with Crippen molar-refractivity contribution in [2.24, 2.45) is 22.7 Å². The Balaban J connectivity index is 1.51. The number of aliphatic hydroxyl groups is 3. The molecule has 12 atom stereocenters. The topological polar surface area (TPSA) is 144 Å². The van der Waals surface area contributed by atoms with Crippen LogP contribution in [0.4, 0.5) is 0 Å². The summed E-state index contributed by atoms with van der Waals surface area (Å²) in [6, 6.07) is 0. The summed E-state index contributed by atoms with van der Waals surface area (Å²) in [7, 11) is 0. The van der Waals surface area contributed by atoms with E-state index in [0.29, 0.717) is 25.9 Å². The third kappa shape index (κ3) is 4.67. The fourth-order valence-corrected chi connectivity index (χ4v) is 7.43. The predicted octanol–water partition coefficient (Wildman–Crippen LogP) is 1.44. The van der Waals surface area contributed by atoms with Crippen molar-refractivity contribution in [1.29, 1.82) is 0 Å². The number of ether oxygens (including phenoxy) is 5. The summed E-state index contributed by atoms with van der Waals surface area (Å²) in [5.74, 6) is -1.78. The van der Waals surface area contributed by atoms with Gasteiger partial charge in [0.15, 0.2) is 6.10 Å². The lowest BCUT2D eigenvalue weighted by Crippen LogP contribution is -2.69. The van der Waals surface area contributed by atoms with Gasteiger partial charge in [-0.3, -0.25) is 0 Å². The smallest absolute Gasteiger partial charge is 0.335 e. The highest BCUT2D eigenvalue weighted by molar-refractivity contribution is 5.82. The zero-order valence-electron chi connectivity index (χ0n) is 23.2. The number of esters is 2. The van der Waals surface area contributed by atoms with Gasteiger partial charge in [-0.1, -0.05) is 39.0 Å². The maximum Gasteiger partial charge on any atom is 0.335 e. The van der Waals surface area contributed by atoms with E-state index >= 15 is 0 Å². The summed E-state index contributed by atoms with van der Waals surface area (Å²) >= 11 is 0. The van der Waals surface area contributed by atoms with E-state index in [0.717, 1.165) is 0 Å². The zero-order valence-corrected chi connectivity index (χ0v) is 23.2. The lowest BCUT2D eigenvalue weighted by atomic mass is 9.49. The number of carbonyl (C=O) groups is 2. The molecule has 2 aliphatic carbocycles. The van der Waals surface area contributed by atoms with Crippen LogP contribution in [0.1, 0.15) is 53.4 Å². The molecule has 2 spiro atoms. The molecule has 0 aromatic rings. The first-order valence-corrected chi connectivity index (χ1v) is 14.1. The monoisotopic (exact) mass is 550 g/mol. The maximum atomic E-state index is 13.1. The van der Waals surface area contributed by atoms with Crippen molar-refractivity contribution in [2.45, 2.75) is 102 Å². The van der Waals surface area contributed by atoms with E-state index in [1.165, 1.54) is 6.08 Å². The largest absolute Gasteiger partial charge is 0.463 e. The highest BCUT2D eigenvalue weighted by atomic mass is 16.6. The first kappa shape index (κ1) is 28.7. The van der Waals surface area contributed by atoms with Gasteiger partial charge in [0, 0.05) is 24.5 Å². The quantitative estimate of drug-likeness (QED) is 0.324. The summed E-state index contributed by atoms with van der Waals surface area (Å²) in [5, 5.41) is 31.9. The molecule has 10 nitrogen and oxygen atoms in total. The van der Waals surface area contributed by atoms with Crippen LogP contribution in [0.2, 0.25) is 0 Å². The summed E-state index contributed by atoms with van der Waals surface area (Å²) in [4.78, 5) is 26.1. The number of aliphatic hydroxyl groups excluding tert-OH is 3. The Labute approximate surface area is 229 Å². The minimum Gasteiger partial charge on any atom is -0.463 e. The second-order valence-electron chi connectivity index (χ2n) is 12.4. The average Bonchev–Trinajstić information content (AvgIpc) is 3.67. The summed E-state index contributed by atoms with van der Waals surface area (Å²) < 4.78 is 30.4. The fourth-order valence-electron chi connectivity index (χ4n) is 7.43. The number of epoxide rings is 1. The number of allylic oxidation sites excluding steroid dienone is 2. The van der Waals surface area contributed by atoms with Gasteiger partial charge in [-0.25, -0.2) is 9.59 Å². The first-order chi connectivity index (χ1) is 18.4. The van der Waals surface area contributed by atoms with E-state index in [1.807, 2.05) is 13.8 Å². The van der Waals surface area contributed by atoms with Crippen LogP contribution in [0.15, 0.2) is 24.3 Å². The van der Waals surface area contributed by atoms with Gasteiger partial charge in [-0.2, -0.15) is 0 Å². The number of rotatable bonds is 1. The Morgan fingerprint density at radius 3 is 2.46 bits per heavy atom. The zero-order chi connectivity index (χ0) is 28.2. The Bertz CT molecular complexity index is 1000. The number of cyclic esters (lactones) is 1. The molecule has 2 saturated carbocycles. The standard InChI is InChI=1S/C29H42O10/c1-16-9-10-35-20(18(3)30)7-5-6-8-24(32)39-21-12-23-29(15-37-29)27(21,4)28(14-36-26(34)25(16)33)13-19(31)17(2)11-22(28)38-23/h5-8,16-23,25,30-31,33H,9-15H2,1-4H3/b7-5?,8-6-/t16?,17-,18?,19-,20?,21-,22-,23-,25?,27-,28-,29?/m1/s1. The predicted molar refractivity (Wildman–Crippen MR) is 137 cm³/mol. The van der Waals surface area contributed by atoms with Crippen LogP contribution in [0.5, 0.6) is 0 Å². The van der Waals surface area contributed by atoms with Crippen LogP contribution in [0.25, 0.3) is 0 Å². The normalized spacial score (nSPS) is 50.2. The van der Waals surface area contributed by atoms with Crippen LogP contribution < -0.4 is 0 Å². The third-order valence-corrected chi connectivity index (χ3v) is 10.2. The molecule has 2 bridgehead atoms. The third-order valence-electron chi connectivity index (χ3n) is 10.2. The van der Waals surface area contributed by atoms with Crippen molar-refractivity contribution in [3.05, 3.63) is 24.3 Å². The van der Waals surface area contributed by atoms with Crippen LogP contribution in [0.3, 0.4) is 0 Å². The fraction of sp³-hybridized carbons (Fsp3) is 0.793. The van der Waals surface area contributed by atoms with Crippen LogP contribution in [-0.4, -0.2) is 95.4 Å². The van der Waals surface area contributed by atoms with Gasteiger partial charge >= 0.3 is 11.9 Å². The second kappa shape index (κ2) is 10.5. The molecule has 2 saturated heterocycles. The van der Waals surface area contributed by atoms with Gasteiger partial charge in [0.2, 0.25) is 0 Å². The summed E-state index contributed by atoms with van der Waals surface area (Å²) in [6.45, 7) is 7.84. The van der Waals surface area contributed by atoms with Gasteiger partial charge in [0.25, 0.3) is 0 Å². The lowest BCUT2D eigenvalue weighted by Gasteiger charge is -2.60. The van der Waals surface area contributed by atoms with Gasteiger partial charge < -0.3 is 39.0 Å². The second-order valence-corrected chi connectivity index (χ2v) is 12.4. The van der Waals surface area contributed by atoms with E-state index < -0.39 is 64.8 Å². The SMILES string of the molecule is CC(O)C1C=C/C=C\C(=O)O[C@@H]2C[C@H]3O[C@@H]4C[C@@H](C)[C@H](O)C[C@]4(COC(=O)C(O)C(C)CCO1)[C@]2(C)C31CO1. The Kier molecular flexibility index (Phi) is 7.76. The molecule has 10 heteroatoms. The molecule has 0 radical (unpaired) electrons. The van der Waals surface area contributed by atoms with Crippen molar-refractivity contribution in [2.75, 3.05) is 19.8 Å². The molecule has 0 aromatic carbocycles. The van der Waals surface area contributed by atoms with Crippen LogP contribution in [-0.2, 0) is 33.3 Å². The highest BCUT2D eigenvalue weighted by Gasteiger charge is 2.83. The minimum atomic E-state index is -1.38. The molecule has 3 heterocycles. The molecule has 4 fully saturated rings. The molecule has 3 aliphatic heterocycles. The van der Waals surface area contributed by atoms with Gasteiger partial charge in [0.1, 0.15) is 24.4 Å². The first-order valence-electron chi connectivity index (χ1n) is 14.1. The molecule has 218 valence electrons. The molecule has 39 heavy (non-hydrogen) atoms. The van der Waals surface area contributed by atoms with Crippen molar-refractivity contribution in [3.8, 4) is 0 Å². The Hall–Kier alpha value is -1.82.